The molecule has 22 heavy (non-hydrogen) atoms. The van der Waals surface area contributed by atoms with Crippen molar-refractivity contribution in [3.8, 4) is 0 Å². The number of para-hydroxylation sites is 1. The van der Waals surface area contributed by atoms with E-state index in [1.54, 1.807) is 0 Å². The number of carbonyl (C=O) groups is 2. The number of fused-ring (bicyclic) bond motifs is 1. The molecule has 1 atom stereocenters. The van der Waals surface area contributed by atoms with Gasteiger partial charge in [-0.15, -0.1) is 0 Å². The molecule has 2 N–H and O–H groups in total. The first-order valence-corrected chi connectivity index (χ1v) is 7.96. The van der Waals surface area contributed by atoms with Crippen LogP contribution in [0.1, 0.15) is 38.2 Å². The van der Waals surface area contributed by atoms with E-state index in [1.165, 1.54) is 5.56 Å². The maximum atomic E-state index is 12.6. The number of amides is 2. The Morgan fingerprint density at radius 2 is 1.86 bits per heavy atom. The summed E-state index contributed by atoms with van der Waals surface area (Å²) in [6, 6.07) is 8.19. The summed E-state index contributed by atoms with van der Waals surface area (Å²) in [7, 11) is 0. The molecule has 1 unspecified atom stereocenters. The molecule has 2 aliphatic rings. The zero-order valence-corrected chi connectivity index (χ0v) is 12.8. The SMILES string of the molecule is CC1Cc2ccccc2N1C(=O)NC1CCC(C(=O)O)CC1. The zero-order valence-electron chi connectivity index (χ0n) is 12.8. The lowest BCUT2D eigenvalue weighted by Crippen LogP contribution is -2.48. The molecule has 1 aliphatic heterocycles. The quantitative estimate of drug-likeness (QED) is 0.882. The lowest BCUT2D eigenvalue weighted by molar-refractivity contribution is -0.142. The Hall–Kier alpha value is -2.04. The molecular weight excluding hydrogens is 280 g/mol. The van der Waals surface area contributed by atoms with Crippen LogP contribution in [0.3, 0.4) is 0 Å². The average Bonchev–Trinajstić information content (AvgIpc) is 2.83. The summed E-state index contributed by atoms with van der Waals surface area (Å²) in [5.74, 6) is -0.966. The number of aliphatic carboxylic acids is 1. The van der Waals surface area contributed by atoms with Crippen LogP contribution in [-0.2, 0) is 11.2 Å². The van der Waals surface area contributed by atoms with E-state index in [1.807, 2.05) is 23.1 Å². The lowest BCUT2D eigenvalue weighted by Gasteiger charge is -2.30. The van der Waals surface area contributed by atoms with E-state index in [0.29, 0.717) is 12.8 Å². The number of nitrogens with zero attached hydrogens (tertiary/aromatic N) is 1. The predicted molar refractivity (Wildman–Crippen MR) is 84.0 cm³/mol. The molecule has 1 aromatic carbocycles. The van der Waals surface area contributed by atoms with E-state index in [9.17, 15) is 9.59 Å². The van der Waals surface area contributed by atoms with Crippen molar-refractivity contribution >= 4 is 17.7 Å². The Kier molecular flexibility index (Phi) is 4.05. The minimum Gasteiger partial charge on any atom is -0.481 e. The minimum absolute atomic E-state index is 0.0591. The summed E-state index contributed by atoms with van der Waals surface area (Å²) >= 11 is 0. The molecule has 2 amide bonds. The maximum Gasteiger partial charge on any atom is 0.322 e. The topological polar surface area (TPSA) is 69.6 Å². The van der Waals surface area contributed by atoms with Crippen LogP contribution in [-0.4, -0.2) is 29.2 Å². The van der Waals surface area contributed by atoms with Gasteiger partial charge < -0.3 is 10.4 Å². The molecule has 1 fully saturated rings. The van der Waals surface area contributed by atoms with Gasteiger partial charge in [0.2, 0.25) is 0 Å². The van der Waals surface area contributed by atoms with E-state index < -0.39 is 5.97 Å². The molecule has 1 aliphatic carbocycles. The van der Waals surface area contributed by atoms with E-state index in [0.717, 1.165) is 24.9 Å². The van der Waals surface area contributed by atoms with Crippen molar-refractivity contribution in [2.45, 2.75) is 51.1 Å². The number of benzene rings is 1. The van der Waals surface area contributed by atoms with Crippen LogP contribution in [0.4, 0.5) is 10.5 Å². The number of carboxylic acids is 1. The Bertz CT molecular complexity index is 579. The van der Waals surface area contributed by atoms with E-state index >= 15 is 0 Å². The Balaban J connectivity index is 1.62. The van der Waals surface area contributed by atoms with Crippen molar-refractivity contribution in [2.24, 2.45) is 5.92 Å². The van der Waals surface area contributed by atoms with E-state index in [4.69, 9.17) is 5.11 Å². The fraction of sp³-hybridized carbons (Fsp3) is 0.529. The average molecular weight is 302 g/mol. The molecule has 0 aromatic heterocycles. The van der Waals surface area contributed by atoms with Gasteiger partial charge in [-0.2, -0.15) is 0 Å². The van der Waals surface area contributed by atoms with Crippen molar-refractivity contribution in [1.82, 2.24) is 5.32 Å². The highest BCUT2D eigenvalue weighted by atomic mass is 16.4. The molecule has 0 bridgehead atoms. The fourth-order valence-corrected chi connectivity index (χ4v) is 3.60. The number of anilines is 1. The van der Waals surface area contributed by atoms with E-state index in [-0.39, 0.29) is 24.0 Å². The number of urea groups is 1. The number of nitrogens with one attached hydrogen (secondary N) is 1. The number of hydrogen-bond acceptors (Lipinski definition) is 2. The van der Waals surface area contributed by atoms with Gasteiger partial charge in [0.25, 0.3) is 0 Å². The molecule has 118 valence electrons. The largest absolute Gasteiger partial charge is 0.481 e. The number of rotatable bonds is 2. The van der Waals surface area contributed by atoms with Gasteiger partial charge in [-0.25, -0.2) is 4.79 Å². The minimum atomic E-state index is -0.716. The van der Waals surface area contributed by atoms with Crippen molar-refractivity contribution in [3.63, 3.8) is 0 Å². The van der Waals surface area contributed by atoms with Crippen LogP contribution in [0.25, 0.3) is 0 Å². The number of hydrogen-bond donors (Lipinski definition) is 2. The Morgan fingerprint density at radius 3 is 2.55 bits per heavy atom. The summed E-state index contributed by atoms with van der Waals surface area (Å²) in [6.45, 7) is 2.06. The maximum absolute atomic E-state index is 12.6. The van der Waals surface area contributed by atoms with Crippen molar-refractivity contribution < 1.29 is 14.7 Å². The number of carbonyl (C=O) groups excluding carboxylic acids is 1. The van der Waals surface area contributed by atoms with Gasteiger partial charge in [-0.05, 0) is 50.7 Å². The van der Waals surface area contributed by atoms with Gasteiger partial charge in [0.1, 0.15) is 0 Å². The number of carboxylic acid groups (broad SMARTS) is 1. The summed E-state index contributed by atoms with van der Waals surface area (Å²) in [6.07, 6.45) is 3.66. The van der Waals surface area contributed by atoms with Crippen LogP contribution in [0.2, 0.25) is 0 Å². The van der Waals surface area contributed by atoms with Gasteiger partial charge in [0.15, 0.2) is 0 Å². The zero-order chi connectivity index (χ0) is 15.7. The molecule has 1 saturated carbocycles. The normalized spacial score (nSPS) is 27.3. The van der Waals surface area contributed by atoms with Crippen molar-refractivity contribution in [3.05, 3.63) is 29.8 Å². The first-order chi connectivity index (χ1) is 10.6. The van der Waals surface area contributed by atoms with Crippen molar-refractivity contribution in [2.75, 3.05) is 4.90 Å². The highest BCUT2D eigenvalue weighted by Crippen LogP contribution is 2.32. The summed E-state index contributed by atoms with van der Waals surface area (Å²) in [4.78, 5) is 25.4. The summed E-state index contributed by atoms with van der Waals surface area (Å²) < 4.78 is 0. The molecule has 3 rings (SSSR count). The molecular formula is C17H22N2O3. The Labute approximate surface area is 130 Å². The van der Waals surface area contributed by atoms with Gasteiger partial charge in [0.05, 0.1) is 5.92 Å². The third-order valence-corrected chi connectivity index (χ3v) is 4.83. The molecule has 0 saturated heterocycles. The van der Waals surface area contributed by atoms with Crippen LogP contribution in [0.5, 0.6) is 0 Å². The predicted octanol–water partition coefficient (Wildman–Crippen LogP) is 2.79. The second kappa shape index (κ2) is 5.99. The van der Waals surface area contributed by atoms with Gasteiger partial charge in [-0.3, -0.25) is 9.69 Å². The highest BCUT2D eigenvalue weighted by molar-refractivity contribution is 5.95. The first kappa shape index (κ1) is 14.9. The van der Waals surface area contributed by atoms with Crippen LogP contribution in [0.15, 0.2) is 24.3 Å². The van der Waals surface area contributed by atoms with Crippen LogP contribution >= 0.6 is 0 Å². The van der Waals surface area contributed by atoms with Crippen LogP contribution in [0, 0.1) is 5.92 Å². The molecule has 5 heteroatoms. The third kappa shape index (κ3) is 2.80. The standard InChI is InChI=1S/C17H22N2O3/c1-11-10-13-4-2-3-5-15(13)19(11)17(22)18-14-8-6-12(7-9-14)16(20)21/h2-5,11-12,14H,6-10H2,1H3,(H,18,22)(H,20,21). The second-order valence-electron chi connectivity index (χ2n) is 6.39. The summed E-state index contributed by atoms with van der Waals surface area (Å²) in [5.41, 5.74) is 2.20. The Morgan fingerprint density at radius 1 is 1.18 bits per heavy atom. The fourth-order valence-electron chi connectivity index (χ4n) is 3.60. The van der Waals surface area contributed by atoms with Crippen molar-refractivity contribution in [1.29, 1.82) is 0 Å². The van der Waals surface area contributed by atoms with Gasteiger partial charge >= 0.3 is 12.0 Å². The molecule has 0 spiro atoms. The third-order valence-electron chi connectivity index (χ3n) is 4.83. The van der Waals surface area contributed by atoms with Crippen LogP contribution < -0.4 is 10.2 Å². The lowest BCUT2D eigenvalue weighted by atomic mass is 9.86. The van der Waals surface area contributed by atoms with Gasteiger partial charge in [-0.1, -0.05) is 18.2 Å². The second-order valence-corrected chi connectivity index (χ2v) is 6.39. The summed E-state index contributed by atoms with van der Waals surface area (Å²) in [5, 5.41) is 12.1. The molecule has 0 radical (unpaired) electrons. The monoisotopic (exact) mass is 302 g/mol. The first-order valence-electron chi connectivity index (χ1n) is 7.96. The smallest absolute Gasteiger partial charge is 0.322 e. The van der Waals surface area contributed by atoms with E-state index in [2.05, 4.69) is 18.3 Å². The molecule has 5 nitrogen and oxygen atoms in total. The molecule has 1 heterocycles. The molecule has 1 aromatic rings. The van der Waals surface area contributed by atoms with Gasteiger partial charge in [0, 0.05) is 17.8 Å². The highest BCUT2D eigenvalue weighted by Gasteiger charge is 2.33.